The van der Waals surface area contributed by atoms with Crippen LogP contribution in [0.15, 0.2) is 53.5 Å². The van der Waals surface area contributed by atoms with Crippen molar-refractivity contribution < 1.29 is 32.1 Å². The predicted octanol–water partition coefficient (Wildman–Crippen LogP) is 3.19. The first-order valence-corrected chi connectivity index (χ1v) is 8.16. The molecule has 0 amide bonds. The number of nitrogens with two attached hydrogens (primary N) is 1. The molecule has 160 valence electrons. The number of hydrogen-bond acceptors (Lipinski definition) is 4. The first-order valence-electron chi connectivity index (χ1n) is 8.16. The third-order valence-electron chi connectivity index (χ3n) is 3.36. The van der Waals surface area contributed by atoms with E-state index in [0.717, 1.165) is 0 Å². The standard InChI is InChI=1S/C18H19F4N3O3.HI/c19-13-3-7-15(8-4-13)27-11-14(26)10-25-17(23)24-9-12-1-5-16(6-2-12)28-18(20,21)22;/h1-8,14,26H,9-11H2,(H3,23,24,25);1H. The van der Waals surface area contributed by atoms with Gasteiger partial charge < -0.3 is 25.6 Å². The molecule has 0 spiro atoms. The lowest BCUT2D eigenvalue weighted by Crippen LogP contribution is -2.39. The van der Waals surface area contributed by atoms with Gasteiger partial charge in [-0.15, -0.1) is 37.1 Å². The van der Waals surface area contributed by atoms with Gasteiger partial charge in [0.25, 0.3) is 0 Å². The second kappa shape index (κ2) is 11.7. The molecule has 2 aromatic rings. The van der Waals surface area contributed by atoms with Gasteiger partial charge in [0.05, 0.1) is 6.54 Å². The molecule has 0 aliphatic heterocycles. The van der Waals surface area contributed by atoms with Crippen molar-refractivity contribution in [3.05, 3.63) is 59.9 Å². The van der Waals surface area contributed by atoms with Gasteiger partial charge in [0.2, 0.25) is 0 Å². The maximum atomic E-state index is 12.8. The van der Waals surface area contributed by atoms with Crippen molar-refractivity contribution in [3.8, 4) is 11.5 Å². The fourth-order valence-electron chi connectivity index (χ4n) is 2.03. The highest BCUT2D eigenvalue weighted by atomic mass is 127. The topological polar surface area (TPSA) is 89.1 Å². The van der Waals surface area contributed by atoms with Gasteiger partial charge in [-0.25, -0.2) is 9.38 Å². The number of guanidine groups is 1. The van der Waals surface area contributed by atoms with E-state index in [9.17, 15) is 22.7 Å². The zero-order valence-electron chi connectivity index (χ0n) is 15.0. The van der Waals surface area contributed by atoms with Crippen molar-refractivity contribution in [2.24, 2.45) is 10.7 Å². The molecular weight excluding hydrogens is 509 g/mol. The zero-order valence-corrected chi connectivity index (χ0v) is 17.4. The Bertz CT molecular complexity index is 771. The molecule has 0 fully saturated rings. The summed E-state index contributed by atoms with van der Waals surface area (Å²) in [7, 11) is 0. The Labute approximate surface area is 181 Å². The number of nitrogens with zero attached hydrogens (tertiary/aromatic N) is 1. The van der Waals surface area contributed by atoms with E-state index in [-0.39, 0.29) is 61.2 Å². The van der Waals surface area contributed by atoms with E-state index in [4.69, 9.17) is 10.5 Å². The van der Waals surface area contributed by atoms with Crippen LogP contribution in [0.4, 0.5) is 17.6 Å². The Balaban J connectivity index is 0.00000420. The average molecular weight is 529 g/mol. The molecule has 0 radical (unpaired) electrons. The van der Waals surface area contributed by atoms with Gasteiger partial charge in [-0.3, -0.25) is 0 Å². The number of aliphatic hydroxyl groups excluding tert-OH is 1. The first-order chi connectivity index (χ1) is 13.2. The number of aliphatic imine (C=N–C) groups is 1. The summed E-state index contributed by atoms with van der Waals surface area (Å²) in [6.45, 7) is 0.161. The van der Waals surface area contributed by atoms with Gasteiger partial charge in [-0.2, -0.15) is 0 Å². The minimum absolute atomic E-state index is 0. The lowest BCUT2D eigenvalue weighted by Gasteiger charge is -2.13. The van der Waals surface area contributed by atoms with Crippen LogP contribution >= 0.6 is 24.0 Å². The largest absolute Gasteiger partial charge is 0.573 e. The van der Waals surface area contributed by atoms with Crippen molar-refractivity contribution in [1.29, 1.82) is 0 Å². The van der Waals surface area contributed by atoms with E-state index in [1.165, 1.54) is 48.5 Å². The lowest BCUT2D eigenvalue weighted by atomic mass is 10.2. The van der Waals surface area contributed by atoms with Crippen molar-refractivity contribution in [2.45, 2.75) is 19.0 Å². The van der Waals surface area contributed by atoms with E-state index in [2.05, 4.69) is 15.0 Å². The van der Waals surface area contributed by atoms with Gasteiger partial charge >= 0.3 is 6.36 Å². The number of nitrogens with one attached hydrogen (secondary N) is 1. The van der Waals surface area contributed by atoms with Crippen molar-refractivity contribution in [1.82, 2.24) is 5.32 Å². The molecule has 0 aromatic heterocycles. The Kier molecular flexibility index (Phi) is 9.95. The second-order valence-corrected chi connectivity index (χ2v) is 5.69. The summed E-state index contributed by atoms with van der Waals surface area (Å²) >= 11 is 0. The monoisotopic (exact) mass is 529 g/mol. The van der Waals surface area contributed by atoms with Crippen LogP contribution in [0.5, 0.6) is 11.5 Å². The van der Waals surface area contributed by atoms with E-state index in [1.54, 1.807) is 0 Å². The third-order valence-corrected chi connectivity index (χ3v) is 3.36. The number of rotatable bonds is 8. The maximum absolute atomic E-state index is 12.8. The quantitative estimate of drug-likeness (QED) is 0.212. The zero-order chi connectivity index (χ0) is 20.6. The van der Waals surface area contributed by atoms with Crippen LogP contribution in [0.1, 0.15) is 5.56 Å². The minimum Gasteiger partial charge on any atom is -0.491 e. The maximum Gasteiger partial charge on any atom is 0.573 e. The predicted molar refractivity (Wildman–Crippen MR) is 110 cm³/mol. The Morgan fingerprint density at radius 1 is 1.07 bits per heavy atom. The molecule has 1 atom stereocenters. The van der Waals surface area contributed by atoms with Crippen molar-refractivity contribution in [2.75, 3.05) is 13.2 Å². The average Bonchev–Trinajstić information content (AvgIpc) is 2.64. The summed E-state index contributed by atoms with van der Waals surface area (Å²) in [6, 6.07) is 10.6. The smallest absolute Gasteiger partial charge is 0.491 e. The van der Waals surface area contributed by atoms with Gasteiger partial charge in [-0.05, 0) is 42.0 Å². The first kappa shape index (κ1) is 24.8. The number of aliphatic hydroxyl groups is 1. The van der Waals surface area contributed by atoms with Crippen LogP contribution < -0.4 is 20.5 Å². The molecular formula is C18H20F4IN3O3. The molecule has 0 saturated carbocycles. The van der Waals surface area contributed by atoms with Crippen LogP contribution in [0.3, 0.4) is 0 Å². The van der Waals surface area contributed by atoms with Crippen LogP contribution in [0.25, 0.3) is 0 Å². The van der Waals surface area contributed by atoms with Crippen LogP contribution in [-0.2, 0) is 6.54 Å². The fourth-order valence-corrected chi connectivity index (χ4v) is 2.03. The van der Waals surface area contributed by atoms with Gasteiger partial charge in [0.15, 0.2) is 5.96 Å². The molecule has 29 heavy (non-hydrogen) atoms. The van der Waals surface area contributed by atoms with Crippen molar-refractivity contribution >= 4 is 29.9 Å². The second-order valence-electron chi connectivity index (χ2n) is 5.69. The number of alkyl halides is 3. The van der Waals surface area contributed by atoms with E-state index in [0.29, 0.717) is 11.3 Å². The Hall–Kier alpha value is -2.28. The molecule has 2 aromatic carbocycles. The lowest BCUT2D eigenvalue weighted by molar-refractivity contribution is -0.274. The number of hydrogen-bond donors (Lipinski definition) is 3. The third kappa shape index (κ3) is 10.2. The van der Waals surface area contributed by atoms with E-state index < -0.39 is 12.5 Å². The Morgan fingerprint density at radius 2 is 1.66 bits per heavy atom. The molecule has 0 heterocycles. The SMILES string of the molecule is I.NC(=NCc1ccc(OC(F)(F)F)cc1)NCC(O)COc1ccc(F)cc1. The summed E-state index contributed by atoms with van der Waals surface area (Å²) in [5.74, 6) is -0.242. The van der Waals surface area contributed by atoms with Crippen molar-refractivity contribution in [3.63, 3.8) is 0 Å². The number of halogens is 5. The summed E-state index contributed by atoms with van der Waals surface area (Å²) < 4.78 is 58.2. The molecule has 2 rings (SSSR count). The van der Waals surface area contributed by atoms with Crippen LogP contribution in [-0.4, -0.2) is 36.7 Å². The van der Waals surface area contributed by atoms with Crippen LogP contribution in [0.2, 0.25) is 0 Å². The van der Waals surface area contributed by atoms with Crippen LogP contribution in [0, 0.1) is 5.82 Å². The highest BCUT2D eigenvalue weighted by Crippen LogP contribution is 2.22. The van der Waals surface area contributed by atoms with E-state index in [1.807, 2.05) is 0 Å². The highest BCUT2D eigenvalue weighted by molar-refractivity contribution is 14.0. The highest BCUT2D eigenvalue weighted by Gasteiger charge is 2.30. The fraction of sp³-hybridized carbons (Fsp3) is 0.278. The molecule has 0 aliphatic rings. The summed E-state index contributed by atoms with van der Waals surface area (Å²) in [6.07, 6.45) is -5.63. The summed E-state index contributed by atoms with van der Waals surface area (Å²) in [5, 5.41) is 12.5. The normalized spacial score (nSPS) is 12.7. The molecule has 1 unspecified atom stereocenters. The number of ether oxygens (including phenoxy) is 2. The molecule has 11 heteroatoms. The number of benzene rings is 2. The van der Waals surface area contributed by atoms with E-state index >= 15 is 0 Å². The van der Waals surface area contributed by atoms with Gasteiger partial charge in [-0.1, -0.05) is 12.1 Å². The molecule has 4 N–H and O–H groups in total. The molecule has 6 nitrogen and oxygen atoms in total. The Morgan fingerprint density at radius 3 is 2.24 bits per heavy atom. The summed E-state index contributed by atoms with van der Waals surface area (Å²) in [4.78, 5) is 4.03. The van der Waals surface area contributed by atoms with Gasteiger partial charge in [0.1, 0.15) is 30.0 Å². The van der Waals surface area contributed by atoms with Gasteiger partial charge in [0, 0.05) is 6.54 Å². The molecule has 0 bridgehead atoms. The molecule has 0 saturated heterocycles. The summed E-state index contributed by atoms with van der Waals surface area (Å²) in [5.41, 5.74) is 6.30. The minimum atomic E-state index is -4.74. The molecule has 0 aliphatic carbocycles.